The average Bonchev–Trinajstić information content (AvgIpc) is 3.17. The first-order valence-electron chi connectivity index (χ1n) is 10.6. The van der Waals surface area contributed by atoms with Gasteiger partial charge in [-0.25, -0.2) is 12.8 Å². The Morgan fingerprint density at radius 2 is 1.81 bits per heavy atom. The summed E-state index contributed by atoms with van der Waals surface area (Å²) in [6.07, 6.45) is 4.32. The van der Waals surface area contributed by atoms with Gasteiger partial charge in [0.1, 0.15) is 11.6 Å². The number of halogens is 1. The Kier molecular flexibility index (Phi) is 7.92. The number of ether oxygens (including phenoxy) is 1. The summed E-state index contributed by atoms with van der Waals surface area (Å²) in [6, 6.07) is 12.7. The van der Waals surface area contributed by atoms with Crippen molar-refractivity contribution in [3.63, 3.8) is 0 Å². The fourth-order valence-electron chi connectivity index (χ4n) is 3.25. The molecular formula is C23H30FN3O3S. The summed E-state index contributed by atoms with van der Waals surface area (Å²) >= 11 is 0. The second-order valence-electron chi connectivity index (χ2n) is 7.59. The minimum Gasteiger partial charge on any atom is -0.494 e. The Bertz CT molecular complexity index is 976. The van der Waals surface area contributed by atoms with Gasteiger partial charge in [0.05, 0.1) is 24.2 Å². The van der Waals surface area contributed by atoms with E-state index in [1.165, 1.54) is 16.4 Å². The van der Waals surface area contributed by atoms with E-state index < -0.39 is 10.0 Å². The number of hydrogen-bond acceptors (Lipinski definition) is 5. The lowest BCUT2D eigenvalue weighted by atomic mass is 10.1. The largest absolute Gasteiger partial charge is 0.494 e. The van der Waals surface area contributed by atoms with E-state index in [2.05, 4.69) is 17.6 Å². The molecule has 1 heterocycles. The Balaban J connectivity index is 1.76. The molecule has 2 aromatic carbocycles. The van der Waals surface area contributed by atoms with Crippen molar-refractivity contribution >= 4 is 10.0 Å². The second-order valence-corrected chi connectivity index (χ2v) is 9.53. The molecule has 0 bridgehead atoms. The van der Waals surface area contributed by atoms with Gasteiger partial charge in [0.2, 0.25) is 10.0 Å². The fourth-order valence-corrected chi connectivity index (χ4v) is 4.67. The normalized spacial score (nSPS) is 16.0. The number of nitrogens with one attached hydrogen (secondary N) is 2. The van der Waals surface area contributed by atoms with E-state index in [-0.39, 0.29) is 30.0 Å². The van der Waals surface area contributed by atoms with Gasteiger partial charge >= 0.3 is 0 Å². The van der Waals surface area contributed by atoms with Crippen molar-refractivity contribution < 1.29 is 17.5 Å². The molecule has 0 aromatic heterocycles. The Morgan fingerprint density at radius 3 is 2.42 bits per heavy atom. The van der Waals surface area contributed by atoms with Crippen LogP contribution in [0.2, 0.25) is 0 Å². The molecule has 2 aromatic rings. The number of nitrogens with zero attached hydrogens (tertiary/aromatic N) is 1. The van der Waals surface area contributed by atoms with Crippen LogP contribution < -0.4 is 15.4 Å². The highest BCUT2D eigenvalue weighted by Gasteiger charge is 2.26. The quantitative estimate of drug-likeness (QED) is 0.515. The molecule has 168 valence electrons. The summed E-state index contributed by atoms with van der Waals surface area (Å²) in [6.45, 7) is 5.14. The highest BCUT2D eigenvalue weighted by molar-refractivity contribution is 7.89. The molecule has 0 aliphatic carbocycles. The van der Waals surface area contributed by atoms with Crippen LogP contribution in [-0.4, -0.2) is 38.6 Å². The molecular weight excluding hydrogens is 417 g/mol. The zero-order valence-electron chi connectivity index (χ0n) is 18.0. The van der Waals surface area contributed by atoms with E-state index in [0.29, 0.717) is 18.8 Å². The third kappa shape index (κ3) is 6.45. The highest BCUT2D eigenvalue weighted by Crippen LogP contribution is 2.21. The van der Waals surface area contributed by atoms with E-state index in [4.69, 9.17) is 4.74 Å². The second kappa shape index (κ2) is 10.6. The first-order valence-corrected chi connectivity index (χ1v) is 12.0. The van der Waals surface area contributed by atoms with Crippen molar-refractivity contribution in [2.75, 3.05) is 19.7 Å². The smallest absolute Gasteiger partial charge is 0.243 e. The van der Waals surface area contributed by atoms with Gasteiger partial charge in [0.15, 0.2) is 0 Å². The minimum absolute atomic E-state index is 0.0520. The molecule has 0 saturated heterocycles. The van der Waals surface area contributed by atoms with Gasteiger partial charge in [-0.05, 0) is 61.7 Å². The van der Waals surface area contributed by atoms with Gasteiger partial charge in [-0.15, -0.1) is 0 Å². The topological polar surface area (TPSA) is 70.7 Å². The predicted molar refractivity (Wildman–Crippen MR) is 120 cm³/mol. The van der Waals surface area contributed by atoms with Crippen LogP contribution in [0.1, 0.15) is 32.3 Å². The average molecular weight is 448 g/mol. The third-order valence-electron chi connectivity index (χ3n) is 5.05. The fraction of sp³-hybridized carbons (Fsp3) is 0.391. The first kappa shape index (κ1) is 23.1. The molecule has 8 heteroatoms. The van der Waals surface area contributed by atoms with Crippen molar-refractivity contribution in [2.24, 2.45) is 0 Å². The summed E-state index contributed by atoms with van der Waals surface area (Å²) in [5.41, 5.74) is 1.68. The van der Waals surface area contributed by atoms with Crippen LogP contribution in [0.5, 0.6) is 5.75 Å². The molecule has 1 aliphatic rings. The number of unbranched alkanes of at least 4 members (excludes halogenated alkanes) is 1. The minimum atomic E-state index is -3.73. The maximum atomic E-state index is 13.4. The van der Waals surface area contributed by atoms with Crippen LogP contribution in [0.4, 0.5) is 4.39 Å². The molecule has 3 rings (SSSR count). The molecule has 0 saturated carbocycles. The molecule has 0 amide bonds. The van der Waals surface area contributed by atoms with Gasteiger partial charge in [-0.2, -0.15) is 4.31 Å². The summed E-state index contributed by atoms with van der Waals surface area (Å²) in [5.74, 6) is 0.346. The van der Waals surface area contributed by atoms with Crippen LogP contribution in [0, 0.1) is 5.82 Å². The van der Waals surface area contributed by atoms with Crippen molar-refractivity contribution in [3.05, 3.63) is 71.8 Å². The molecule has 6 nitrogen and oxygen atoms in total. The summed E-state index contributed by atoms with van der Waals surface area (Å²) in [5, 5.41) is 6.35. The lowest BCUT2D eigenvalue weighted by molar-refractivity contribution is 0.309. The molecule has 2 N–H and O–H groups in total. The Hall–Kier alpha value is -2.58. The zero-order chi connectivity index (χ0) is 22.3. The Morgan fingerprint density at radius 1 is 1.10 bits per heavy atom. The van der Waals surface area contributed by atoms with Crippen molar-refractivity contribution in [3.8, 4) is 5.75 Å². The van der Waals surface area contributed by atoms with Crippen molar-refractivity contribution in [1.29, 1.82) is 0 Å². The predicted octanol–water partition coefficient (Wildman–Crippen LogP) is 3.62. The molecule has 0 fully saturated rings. The van der Waals surface area contributed by atoms with Gasteiger partial charge in [-0.3, -0.25) is 0 Å². The first-order chi connectivity index (χ1) is 14.9. The highest BCUT2D eigenvalue weighted by atomic mass is 32.2. The summed E-state index contributed by atoms with van der Waals surface area (Å²) < 4.78 is 47.1. The van der Waals surface area contributed by atoms with Gasteiger partial charge in [0, 0.05) is 18.4 Å². The molecule has 0 radical (unpaired) electrons. The van der Waals surface area contributed by atoms with Crippen LogP contribution in [0.25, 0.3) is 0 Å². The van der Waals surface area contributed by atoms with E-state index in [1.807, 2.05) is 6.92 Å². The van der Waals surface area contributed by atoms with Crippen LogP contribution in [0.15, 0.2) is 65.3 Å². The Labute approximate surface area is 184 Å². The maximum absolute atomic E-state index is 13.4. The van der Waals surface area contributed by atoms with E-state index in [0.717, 1.165) is 24.1 Å². The number of hydrogen-bond donors (Lipinski definition) is 2. The molecule has 31 heavy (non-hydrogen) atoms. The number of sulfonamides is 1. The van der Waals surface area contributed by atoms with Crippen molar-refractivity contribution in [1.82, 2.24) is 14.9 Å². The van der Waals surface area contributed by atoms with Crippen LogP contribution in [0.3, 0.4) is 0 Å². The molecule has 1 atom stereocenters. The SMILES string of the molecule is CCCCOc1ccc(S(=O)(=O)N(CCc2ccc(F)cc2)CC2=CNC(C)N2)cc1. The van der Waals surface area contributed by atoms with Gasteiger partial charge < -0.3 is 15.4 Å². The molecule has 1 aliphatic heterocycles. The zero-order valence-corrected chi connectivity index (χ0v) is 18.8. The van der Waals surface area contributed by atoms with Crippen LogP contribution in [-0.2, 0) is 16.4 Å². The lowest BCUT2D eigenvalue weighted by Crippen LogP contribution is -2.38. The number of rotatable bonds is 11. The van der Waals surface area contributed by atoms with Gasteiger partial charge in [0.25, 0.3) is 0 Å². The maximum Gasteiger partial charge on any atom is 0.243 e. The monoisotopic (exact) mass is 447 g/mol. The number of benzene rings is 2. The van der Waals surface area contributed by atoms with E-state index >= 15 is 0 Å². The molecule has 0 spiro atoms. The lowest BCUT2D eigenvalue weighted by Gasteiger charge is -2.23. The third-order valence-corrected chi connectivity index (χ3v) is 6.91. The van der Waals surface area contributed by atoms with E-state index in [1.54, 1.807) is 42.6 Å². The summed E-state index contributed by atoms with van der Waals surface area (Å²) in [7, 11) is -3.73. The van der Waals surface area contributed by atoms with E-state index in [9.17, 15) is 12.8 Å². The van der Waals surface area contributed by atoms with Crippen molar-refractivity contribution in [2.45, 2.75) is 44.2 Å². The molecule has 1 unspecified atom stereocenters. The van der Waals surface area contributed by atoms with Crippen LogP contribution >= 0.6 is 0 Å². The summed E-state index contributed by atoms with van der Waals surface area (Å²) in [4.78, 5) is 0.217. The standard InChI is InChI=1S/C23H30FN3O3S/c1-3-4-15-30-22-9-11-23(12-10-22)31(28,29)27(17-21-16-25-18(2)26-21)14-13-19-5-7-20(24)8-6-19/h5-12,16,18,25-26H,3-4,13-15,17H2,1-2H3. The van der Waals surface area contributed by atoms with Gasteiger partial charge in [-0.1, -0.05) is 25.5 Å².